The van der Waals surface area contributed by atoms with Crippen molar-refractivity contribution in [3.63, 3.8) is 0 Å². The third kappa shape index (κ3) is 1.99. The lowest BCUT2D eigenvalue weighted by Gasteiger charge is -2.09. The SMILES string of the molecule is Cc1cc(C)c(C(=O)C(C)O)c(F)c1. The zero-order chi connectivity index (χ0) is 10.9. The molecule has 0 radical (unpaired) electrons. The Balaban J connectivity index is 3.28. The van der Waals surface area contributed by atoms with E-state index in [1.807, 2.05) is 0 Å². The maximum Gasteiger partial charge on any atom is 0.194 e. The van der Waals surface area contributed by atoms with Gasteiger partial charge < -0.3 is 5.11 Å². The van der Waals surface area contributed by atoms with Gasteiger partial charge in [-0.15, -0.1) is 0 Å². The highest BCUT2D eigenvalue weighted by Crippen LogP contribution is 2.17. The molecule has 1 atom stereocenters. The quantitative estimate of drug-likeness (QED) is 0.734. The van der Waals surface area contributed by atoms with Gasteiger partial charge in [-0.3, -0.25) is 4.79 Å². The van der Waals surface area contributed by atoms with E-state index >= 15 is 0 Å². The van der Waals surface area contributed by atoms with Gasteiger partial charge in [0.05, 0.1) is 5.56 Å². The molecule has 0 spiro atoms. The molecule has 0 aliphatic carbocycles. The maximum absolute atomic E-state index is 13.4. The van der Waals surface area contributed by atoms with Crippen LogP contribution in [0.2, 0.25) is 0 Å². The first kappa shape index (κ1) is 10.9. The molecule has 76 valence electrons. The minimum absolute atomic E-state index is 0.00870. The lowest BCUT2D eigenvalue weighted by Crippen LogP contribution is -2.19. The summed E-state index contributed by atoms with van der Waals surface area (Å²) >= 11 is 0. The molecule has 0 fully saturated rings. The van der Waals surface area contributed by atoms with Crippen molar-refractivity contribution >= 4 is 5.78 Å². The van der Waals surface area contributed by atoms with Crippen molar-refractivity contribution in [1.82, 2.24) is 0 Å². The Bertz CT molecular complexity index is 347. The maximum atomic E-state index is 13.4. The molecule has 0 aromatic heterocycles. The van der Waals surface area contributed by atoms with E-state index in [4.69, 9.17) is 5.11 Å². The lowest BCUT2D eigenvalue weighted by molar-refractivity contribution is 0.0774. The summed E-state index contributed by atoms with van der Waals surface area (Å²) in [6.45, 7) is 4.75. The summed E-state index contributed by atoms with van der Waals surface area (Å²) in [5.74, 6) is -1.13. The highest BCUT2D eigenvalue weighted by atomic mass is 19.1. The summed E-state index contributed by atoms with van der Waals surface area (Å²) < 4.78 is 13.4. The Hall–Kier alpha value is -1.22. The van der Waals surface area contributed by atoms with Crippen LogP contribution in [-0.2, 0) is 0 Å². The first-order valence-electron chi connectivity index (χ1n) is 4.42. The molecule has 1 aromatic carbocycles. The number of aliphatic hydroxyl groups is 1. The van der Waals surface area contributed by atoms with Crippen LogP contribution in [-0.4, -0.2) is 17.0 Å². The first-order valence-corrected chi connectivity index (χ1v) is 4.42. The number of carbonyl (C=O) groups is 1. The van der Waals surface area contributed by atoms with E-state index in [1.54, 1.807) is 19.9 Å². The fraction of sp³-hybridized carbons (Fsp3) is 0.364. The second-order valence-electron chi connectivity index (χ2n) is 3.48. The van der Waals surface area contributed by atoms with Gasteiger partial charge in [0.2, 0.25) is 0 Å². The van der Waals surface area contributed by atoms with Gasteiger partial charge in [0.15, 0.2) is 5.78 Å². The van der Waals surface area contributed by atoms with Crippen LogP contribution in [0.4, 0.5) is 4.39 Å². The monoisotopic (exact) mass is 196 g/mol. The third-order valence-corrected chi connectivity index (χ3v) is 2.06. The van der Waals surface area contributed by atoms with Crippen LogP contribution in [0.15, 0.2) is 12.1 Å². The molecular formula is C11H13FO2. The highest BCUT2D eigenvalue weighted by molar-refractivity contribution is 6.00. The van der Waals surface area contributed by atoms with Gasteiger partial charge in [-0.2, -0.15) is 0 Å². The van der Waals surface area contributed by atoms with Gasteiger partial charge in [-0.05, 0) is 38.0 Å². The minimum atomic E-state index is -1.16. The highest BCUT2D eigenvalue weighted by Gasteiger charge is 2.19. The van der Waals surface area contributed by atoms with Gasteiger partial charge in [0.1, 0.15) is 11.9 Å². The van der Waals surface area contributed by atoms with Gasteiger partial charge in [-0.1, -0.05) is 6.07 Å². The molecule has 0 heterocycles. The first-order chi connectivity index (χ1) is 6.43. The molecule has 0 bridgehead atoms. The molecule has 1 N–H and O–H groups in total. The van der Waals surface area contributed by atoms with Crippen molar-refractivity contribution in [3.05, 3.63) is 34.6 Å². The molecule has 0 saturated heterocycles. The molecule has 0 aliphatic rings. The van der Waals surface area contributed by atoms with E-state index < -0.39 is 17.7 Å². The van der Waals surface area contributed by atoms with Crippen molar-refractivity contribution in [2.45, 2.75) is 26.9 Å². The number of hydrogen-bond acceptors (Lipinski definition) is 2. The Labute approximate surface area is 82.4 Å². The van der Waals surface area contributed by atoms with Crippen molar-refractivity contribution in [3.8, 4) is 0 Å². The summed E-state index contributed by atoms with van der Waals surface area (Å²) in [7, 11) is 0. The number of ketones is 1. The normalized spacial score (nSPS) is 12.6. The van der Waals surface area contributed by atoms with Crippen LogP contribution < -0.4 is 0 Å². The van der Waals surface area contributed by atoms with E-state index in [-0.39, 0.29) is 5.56 Å². The summed E-state index contributed by atoms with van der Waals surface area (Å²) in [5.41, 5.74) is 1.32. The number of hydrogen-bond donors (Lipinski definition) is 1. The van der Waals surface area contributed by atoms with Crippen LogP contribution >= 0.6 is 0 Å². The Morgan fingerprint density at radius 3 is 2.43 bits per heavy atom. The molecule has 0 amide bonds. The van der Waals surface area contributed by atoms with Crippen molar-refractivity contribution in [2.24, 2.45) is 0 Å². The molecule has 1 aromatic rings. The number of benzene rings is 1. The smallest absolute Gasteiger partial charge is 0.194 e. The fourth-order valence-electron chi connectivity index (χ4n) is 1.44. The minimum Gasteiger partial charge on any atom is -0.385 e. The van der Waals surface area contributed by atoms with Crippen LogP contribution in [0, 0.1) is 19.7 Å². The molecule has 14 heavy (non-hydrogen) atoms. The summed E-state index contributed by atoms with van der Waals surface area (Å²) in [4.78, 5) is 11.4. The van der Waals surface area contributed by atoms with Crippen LogP contribution in [0.1, 0.15) is 28.4 Å². The Morgan fingerprint density at radius 1 is 1.43 bits per heavy atom. The topological polar surface area (TPSA) is 37.3 Å². The summed E-state index contributed by atoms with van der Waals surface area (Å²) in [5, 5.41) is 9.08. The predicted molar refractivity (Wildman–Crippen MR) is 51.9 cm³/mol. The van der Waals surface area contributed by atoms with Crippen molar-refractivity contribution in [1.29, 1.82) is 0 Å². The molecule has 1 rings (SSSR count). The molecule has 3 heteroatoms. The van der Waals surface area contributed by atoms with E-state index in [1.165, 1.54) is 13.0 Å². The Kier molecular flexibility index (Phi) is 3.01. The molecule has 1 unspecified atom stereocenters. The Morgan fingerprint density at radius 2 is 2.00 bits per heavy atom. The molecule has 0 aliphatic heterocycles. The molecular weight excluding hydrogens is 183 g/mol. The molecule has 0 saturated carbocycles. The van der Waals surface area contributed by atoms with Crippen LogP contribution in [0.25, 0.3) is 0 Å². The fourth-order valence-corrected chi connectivity index (χ4v) is 1.44. The van der Waals surface area contributed by atoms with E-state index in [9.17, 15) is 9.18 Å². The average Bonchev–Trinajstić information content (AvgIpc) is 2.01. The third-order valence-electron chi connectivity index (χ3n) is 2.06. The zero-order valence-electron chi connectivity index (χ0n) is 8.47. The van der Waals surface area contributed by atoms with E-state index in [0.29, 0.717) is 5.56 Å². The lowest BCUT2D eigenvalue weighted by atomic mass is 9.99. The van der Waals surface area contributed by atoms with Crippen LogP contribution in [0.3, 0.4) is 0 Å². The largest absolute Gasteiger partial charge is 0.385 e. The van der Waals surface area contributed by atoms with Gasteiger partial charge >= 0.3 is 0 Å². The van der Waals surface area contributed by atoms with Crippen molar-refractivity contribution in [2.75, 3.05) is 0 Å². The zero-order valence-corrected chi connectivity index (χ0v) is 8.47. The molecule has 2 nitrogen and oxygen atoms in total. The second-order valence-corrected chi connectivity index (χ2v) is 3.48. The number of aryl methyl sites for hydroxylation is 2. The van der Waals surface area contributed by atoms with E-state index in [2.05, 4.69) is 0 Å². The number of aliphatic hydroxyl groups excluding tert-OH is 1. The van der Waals surface area contributed by atoms with E-state index in [0.717, 1.165) is 5.56 Å². The summed E-state index contributed by atoms with van der Waals surface area (Å²) in [6.07, 6.45) is -1.16. The number of halogens is 1. The second kappa shape index (κ2) is 3.88. The predicted octanol–water partition coefficient (Wildman–Crippen LogP) is 2.01. The standard InChI is InChI=1S/C11H13FO2/c1-6-4-7(2)10(9(12)5-6)11(14)8(3)13/h4-5,8,13H,1-3H3. The van der Waals surface area contributed by atoms with Crippen molar-refractivity contribution < 1.29 is 14.3 Å². The number of carbonyl (C=O) groups excluding carboxylic acids is 1. The number of Topliss-reactive ketones (excluding diaryl/α,β-unsaturated/α-hetero) is 1. The van der Waals surface area contributed by atoms with Gasteiger partial charge in [0.25, 0.3) is 0 Å². The average molecular weight is 196 g/mol. The summed E-state index contributed by atoms with van der Waals surface area (Å²) in [6, 6.07) is 3.02. The van der Waals surface area contributed by atoms with Gasteiger partial charge in [0, 0.05) is 0 Å². The number of rotatable bonds is 2. The van der Waals surface area contributed by atoms with Crippen LogP contribution in [0.5, 0.6) is 0 Å². The van der Waals surface area contributed by atoms with Gasteiger partial charge in [-0.25, -0.2) is 4.39 Å².